The van der Waals surface area contributed by atoms with Crippen molar-refractivity contribution in [2.45, 2.75) is 64.6 Å². The van der Waals surface area contributed by atoms with Crippen LogP contribution in [-0.2, 0) is 9.53 Å². The first-order chi connectivity index (χ1) is 15.8. The van der Waals surface area contributed by atoms with E-state index in [0.717, 1.165) is 27.0 Å². The standard InChI is InChI=1S/C28H32O5S/c1-17-15-19(16-18(2)24(17)32-28(6,7)26(30)33-27(3,4)5)9-11-22(29)20-10-12-23(34-8)21-13-14-31-25(20)21/h9-16H,1-8H3/b11-9+. The van der Waals surface area contributed by atoms with Crippen LogP contribution in [0.25, 0.3) is 17.0 Å². The van der Waals surface area contributed by atoms with Crippen molar-refractivity contribution in [3.63, 3.8) is 0 Å². The van der Waals surface area contributed by atoms with Gasteiger partial charge in [-0.15, -0.1) is 11.8 Å². The lowest BCUT2D eigenvalue weighted by Gasteiger charge is -2.30. The molecule has 0 atom stereocenters. The predicted octanol–water partition coefficient (Wildman–Crippen LogP) is 7.17. The molecule has 0 spiro atoms. The van der Waals surface area contributed by atoms with Gasteiger partial charge in [0.1, 0.15) is 16.9 Å². The van der Waals surface area contributed by atoms with Gasteiger partial charge in [-0.05, 0) is 108 Å². The van der Waals surface area contributed by atoms with E-state index in [1.54, 1.807) is 50.1 Å². The number of hydrogen-bond acceptors (Lipinski definition) is 6. The molecule has 0 bridgehead atoms. The fraction of sp³-hybridized carbons (Fsp3) is 0.357. The van der Waals surface area contributed by atoms with Gasteiger partial charge in [0, 0.05) is 10.3 Å². The number of benzene rings is 2. The predicted molar refractivity (Wildman–Crippen MR) is 138 cm³/mol. The number of ether oxygens (including phenoxy) is 2. The number of hydrogen-bond donors (Lipinski definition) is 0. The molecule has 0 aliphatic carbocycles. The molecule has 5 nitrogen and oxygen atoms in total. The lowest BCUT2D eigenvalue weighted by atomic mass is 10.0. The molecule has 0 fully saturated rings. The van der Waals surface area contributed by atoms with Gasteiger partial charge >= 0.3 is 5.97 Å². The Morgan fingerprint density at radius 3 is 2.24 bits per heavy atom. The van der Waals surface area contributed by atoms with Crippen LogP contribution in [0.5, 0.6) is 5.75 Å². The first-order valence-corrected chi connectivity index (χ1v) is 12.3. The number of fused-ring (bicyclic) bond motifs is 1. The van der Waals surface area contributed by atoms with Crippen LogP contribution in [0.1, 0.15) is 61.7 Å². The first kappa shape index (κ1) is 25.6. The molecule has 1 heterocycles. The summed E-state index contributed by atoms with van der Waals surface area (Å²) in [5.41, 5.74) is 1.97. The Morgan fingerprint density at radius 2 is 1.65 bits per heavy atom. The number of carbonyl (C=O) groups is 2. The summed E-state index contributed by atoms with van der Waals surface area (Å²) in [5.74, 6) is 0.0729. The Balaban J connectivity index is 1.82. The topological polar surface area (TPSA) is 65.7 Å². The number of aryl methyl sites for hydroxylation is 2. The highest BCUT2D eigenvalue weighted by Gasteiger charge is 2.35. The number of esters is 1. The van der Waals surface area contributed by atoms with Gasteiger partial charge in [-0.3, -0.25) is 4.79 Å². The lowest BCUT2D eigenvalue weighted by molar-refractivity contribution is -0.171. The van der Waals surface area contributed by atoms with E-state index in [4.69, 9.17) is 13.9 Å². The summed E-state index contributed by atoms with van der Waals surface area (Å²) in [6.07, 6.45) is 6.93. The minimum Gasteiger partial charge on any atom is -0.476 e. The maximum Gasteiger partial charge on any atom is 0.350 e. The zero-order valence-corrected chi connectivity index (χ0v) is 21.9. The minimum absolute atomic E-state index is 0.130. The Kier molecular flexibility index (Phi) is 7.32. The molecule has 0 amide bonds. The molecule has 180 valence electrons. The SMILES string of the molecule is CSc1ccc(C(=O)/C=C/c2cc(C)c(OC(C)(C)C(=O)OC(C)(C)C)c(C)c2)c2occc12. The third-order valence-corrected chi connectivity index (χ3v) is 6.02. The summed E-state index contributed by atoms with van der Waals surface area (Å²) in [5, 5.41) is 0.938. The smallest absolute Gasteiger partial charge is 0.350 e. The Hall–Kier alpha value is -2.99. The van der Waals surface area contributed by atoms with E-state index in [9.17, 15) is 9.59 Å². The van der Waals surface area contributed by atoms with Crippen molar-refractivity contribution in [3.05, 3.63) is 64.9 Å². The zero-order valence-electron chi connectivity index (χ0n) is 21.1. The Bertz CT molecular complexity index is 1230. The second-order valence-electron chi connectivity index (χ2n) is 9.77. The Morgan fingerprint density at radius 1 is 1.00 bits per heavy atom. The van der Waals surface area contributed by atoms with E-state index < -0.39 is 17.2 Å². The second kappa shape index (κ2) is 9.71. The van der Waals surface area contributed by atoms with Gasteiger partial charge < -0.3 is 13.9 Å². The molecule has 0 aliphatic heterocycles. The molecule has 34 heavy (non-hydrogen) atoms. The molecule has 0 aliphatic rings. The van der Waals surface area contributed by atoms with Crippen molar-refractivity contribution in [3.8, 4) is 5.75 Å². The van der Waals surface area contributed by atoms with Gasteiger partial charge in [0.15, 0.2) is 11.4 Å². The maximum atomic E-state index is 12.9. The van der Waals surface area contributed by atoms with Crippen molar-refractivity contribution >= 4 is 40.6 Å². The third kappa shape index (κ3) is 5.73. The summed E-state index contributed by atoms with van der Waals surface area (Å²) in [7, 11) is 0. The largest absolute Gasteiger partial charge is 0.476 e. The van der Waals surface area contributed by atoms with Crippen LogP contribution >= 0.6 is 11.8 Å². The molecule has 3 aromatic rings. The van der Waals surface area contributed by atoms with Crippen LogP contribution in [-0.4, -0.2) is 29.2 Å². The van der Waals surface area contributed by atoms with Gasteiger partial charge in [-0.2, -0.15) is 0 Å². The highest BCUT2D eigenvalue weighted by molar-refractivity contribution is 7.98. The van der Waals surface area contributed by atoms with E-state index in [2.05, 4.69) is 0 Å². The highest BCUT2D eigenvalue weighted by atomic mass is 32.2. The van der Waals surface area contributed by atoms with Gasteiger partial charge in [-0.1, -0.05) is 6.08 Å². The normalized spacial score (nSPS) is 12.4. The molecule has 3 rings (SSSR count). The number of furan rings is 1. The van der Waals surface area contributed by atoms with E-state index >= 15 is 0 Å². The molecule has 0 radical (unpaired) electrons. The van der Waals surface area contributed by atoms with Crippen LogP contribution < -0.4 is 4.74 Å². The quantitative estimate of drug-likeness (QED) is 0.155. The summed E-state index contributed by atoms with van der Waals surface area (Å²) < 4.78 is 17.2. The van der Waals surface area contributed by atoms with Crippen LogP contribution in [0.4, 0.5) is 0 Å². The van der Waals surface area contributed by atoms with Crippen molar-refractivity contribution in [1.29, 1.82) is 0 Å². The van der Waals surface area contributed by atoms with E-state index in [1.165, 1.54) is 0 Å². The maximum absolute atomic E-state index is 12.9. The zero-order chi connectivity index (χ0) is 25.3. The van der Waals surface area contributed by atoms with E-state index in [0.29, 0.717) is 16.9 Å². The summed E-state index contributed by atoms with van der Waals surface area (Å²) in [6.45, 7) is 12.7. The van der Waals surface area contributed by atoms with Crippen molar-refractivity contribution < 1.29 is 23.5 Å². The van der Waals surface area contributed by atoms with Gasteiger partial charge in [0.05, 0.1) is 11.8 Å². The lowest BCUT2D eigenvalue weighted by Crippen LogP contribution is -2.43. The van der Waals surface area contributed by atoms with Crippen LogP contribution in [0.3, 0.4) is 0 Å². The summed E-state index contributed by atoms with van der Waals surface area (Å²) >= 11 is 1.62. The third-order valence-electron chi connectivity index (χ3n) is 5.22. The fourth-order valence-electron chi connectivity index (χ4n) is 3.61. The summed E-state index contributed by atoms with van der Waals surface area (Å²) in [6, 6.07) is 9.48. The molecule has 0 saturated heterocycles. The van der Waals surface area contributed by atoms with E-state index in [1.807, 2.05) is 65.1 Å². The molecule has 2 aromatic carbocycles. The van der Waals surface area contributed by atoms with E-state index in [-0.39, 0.29) is 5.78 Å². The molecule has 0 unspecified atom stereocenters. The van der Waals surface area contributed by atoms with Crippen LogP contribution in [0.2, 0.25) is 0 Å². The molecular weight excluding hydrogens is 448 g/mol. The van der Waals surface area contributed by atoms with Crippen molar-refractivity contribution in [1.82, 2.24) is 0 Å². The highest BCUT2D eigenvalue weighted by Crippen LogP contribution is 2.32. The van der Waals surface area contributed by atoms with Crippen LogP contribution in [0, 0.1) is 13.8 Å². The fourth-order valence-corrected chi connectivity index (χ4v) is 4.19. The van der Waals surface area contributed by atoms with Crippen LogP contribution in [0.15, 0.2) is 52.0 Å². The summed E-state index contributed by atoms with van der Waals surface area (Å²) in [4.78, 5) is 26.6. The molecular formula is C28H32O5S. The number of thioether (sulfide) groups is 1. The number of carbonyl (C=O) groups excluding carboxylic acids is 2. The van der Waals surface area contributed by atoms with Crippen molar-refractivity contribution in [2.24, 2.45) is 0 Å². The number of rotatable bonds is 7. The number of allylic oxidation sites excluding steroid dienone is 1. The van der Waals surface area contributed by atoms with Gasteiger partial charge in [0.2, 0.25) is 0 Å². The monoisotopic (exact) mass is 480 g/mol. The average Bonchev–Trinajstić information content (AvgIpc) is 3.22. The molecule has 6 heteroatoms. The van der Waals surface area contributed by atoms with Gasteiger partial charge in [-0.25, -0.2) is 4.79 Å². The van der Waals surface area contributed by atoms with Crippen molar-refractivity contribution in [2.75, 3.05) is 6.26 Å². The number of ketones is 1. The second-order valence-corrected chi connectivity index (χ2v) is 10.6. The molecule has 1 aromatic heterocycles. The van der Waals surface area contributed by atoms with Gasteiger partial charge in [0.25, 0.3) is 0 Å². The average molecular weight is 481 g/mol. The first-order valence-electron chi connectivity index (χ1n) is 11.1. The minimum atomic E-state index is -1.15. The molecule has 0 saturated carbocycles. The Labute approximate surface area is 205 Å². The molecule has 0 N–H and O–H groups in total.